The molecular formula is C13H16FN7O3. The predicted molar refractivity (Wildman–Crippen MR) is 81.8 cm³/mol. The van der Waals surface area contributed by atoms with Crippen molar-refractivity contribution >= 4 is 17.8 Å². The molecule has 2 heterocycles. The Hall–Kier alpha value is -3.11. The molecule has 0 bridgehead atoms. The molecule has 0 spiro atoms. The van der Waals surface area contributed by atoms with Crippen molar-refractivity contribution < 1.29 is 14.1 Å². The van der Waals surface area contributed by atoms with Gasteiger partial charge in [-0.15, -0.1) is 0 Å². The summed E-state index contributed by atoms with van der Waals surface area (Å²) in [7, 11) is 0. The second-order valence-electron chi connectivity index (χ2n) is 4.80. The quantitative estimate of drug-likeness (QED) is 0.463. The summed E-state index contributed by atoms with van der Waals surface area (Å²) in [6.07, 6.45) is 5.02. The third-order valence-electron chi connectivity index (χ3n) is 3.29. The zero-order valence-electron chi connectivity index (χ0n) is 13.1. The number of rotatable bonds is 7. The Morgan fingerprint density at radius 2 is 2.25 bits per heavy atom. The number of nitro groups is 1. The number of nitrogens with one attached hydrogen (secondary N) is 1. The van der Waals surface area contributed by atoms with Crippen LogP contribution in [0, 0.1) is 16.1 Å². The Kier molecular flexibility index (Phi) is 5.35. The van der Waals surface area contributed by atoms with Gasteiger partial charge in [-0.1, -0.05) is 6.92 Å². The van der Waals surface area contributed by atoms with Crippen molar-refractivity contribution in [2.45, 2.75) is 32.9 Å². The SMILES string of the molecule is CCC(C(=O)NN=Cc1cnn(CC)c1F)n1cc([N+](=O)[O-])cn1. The highest BCUT2D eigenvalue weighted by molar-refractivity contribution is 5.83. The van der Waals surface area contributed by atoms with Gasteiger partial charge in [0, 0.05) is 6.54 Å². The zero-order chi connectivity index (χ0) is 17.7. The number of aromatic nitrogens is 4. The maximum Gasteiger partial charge on any atom is 0.307 e. The minimum atomic E-state index is -0.765. The summed E-state index contributed by atoms with van der Waals surface area (Å²) >= 11 is 0. The number of aryl methyl sites for hydroxylation is 1. The molecule has 2 aromatic heterocycles. The molecule has 0 saturated heterocycles. The van der Waals surface area contributed by atoms with E-state index in [4.69, 9.17) is 0 Å². The van der Waals surface area contributed by atoms with Gasteiger partial charge < -0.3 is 0 Å². The number of carbonyl (C=O) groups excluding carboxylic acids is 1. The Balaban J connectivity index is 2.04. The average Bonchev–Trinajstić information content (AvgIpc) is 3.16. The van der Waals surface area contributed by atoms with E-state index in [1.54, 1.807) is 13.8 Å². The van der Waals surface area contributed by atoms with Gasteiger partial charge in [-0.3, -0.25) is 19.6 Å². The highest BCUT2D eigenvalue weighted by atomic mass is 19.1. The number of carbonyl (C=O) groups is 1. The van der Waals surface area contributed by atoms with Gasteiger partial charge in [-0.05, 0) is 13.3 Å². The fraction of sp³-hybridized carbons (Fsp3) is 0.385. The van der Waals surface area contributed by atoms with Gasteiger partial charge in [0.05, 0.1) is 22.9 Å². The van der Waals surface area contributed by atoms with Crippen LogP contribution in [-0.4, -0.2) is 36.6 Å². The second-order valence-corrected chi connectivity index (χ2v) is 4.80. The number of nitrogens with zero attached hydrogens (tertiary/aromatic N) is 6. The first-order valence-corrected chi connectivity index (χ1v) is 7.20. The third kappa shape index (κ3) is 3.62. The molecule has 0 fully saturated rings. The number of hydrogen-bond donors (Lipinski definition) is 1. The molecule has 0 aliphatic carbocycles. The van der Waals surface area contributed by atoms with Crippen LogP contribution < -0.4 is 5.43 Å². The van der Waals surface area contributed by atoms with Gasteiger partial charge in [0.15, 0.2) is 0 Å². The molecule has 1 atom stereocenters. The summed E-state index contributed by atoms with van der Waals surface area (Å²) in [4.78, 5) is 22.2. The van der Waals surface area contributed by atoms with Crippen molar-refractivity contribution in [1.29, 1.82) is 0 Å². The van der Waals surface area contributed by atoms with E-state index < -0.39 is 22.8 Å². The number of halogens is 1. The fourth-order valence-corrected chi connectivity index (χ4v) is 2.02. The van der Waals surface area contributed by atoms with Crippen molar-refractivity contribution in [3.63, 3.8) is 0 Å². The lowest BCUT2D eigenvalue weighted by Crippen LogP contribution is -2.29. The summed E-state index contributed by atoms with van der Waals surface area (Å²) < 4.78 is 16.1. The van der Waals surface area contributed by atoms with Crippen LogP contribution in [0.1, 0.15) is 31.9 Å². The Labute approximate surface area is 136 Å². The number of hydrogen-bond acceptors (Lipinski definition) is 6. The lowest BCUT2D eigenvalue weighted by Gasteiger charge is -2.12. The van der Waals surface area contributed by atoms with E-state index in [9.17, 15) is 19.3 Å². The van der Waals surface area contributed by atoms with Crippen LogP contribution in [0.25, 0.3) is 0 Å². The smallest absolute Gasteiger partial charge is 0.271 e. The van der Waals surface area contributed by atoms with E-state index in [2.05, 4.69) is 20.7 Å². The maximum absolute atomic E-state index is 13.7. The van der Waals surface area contributed by atoms with Gasteiger partial charge in [0.1, 0.15) is 18.4 Å². The lowest BCUT2D eigenvalue weighted by molar-refractivity contribution is -0.385. The largest absolute Gasteiger partial charge is 0.307 e. The highest BCUT2D eigenvalue weighted by Crippen LogP contribution is 2.15. The molecule has 0 radical (unpaired) electrons. The molecule has 1 N–H and O–H groups in total. The minimum absolute atomic E-state index is 0.139. The van der Waals surface area contributed by atoms with Crippen LogP contribution in [-0.2, 0) is 11.3 Å². The van der Waals surface area contributed by atoms with Gasteiger partial charge >= 0.3 is 5.69 Å². The molecule has 2 rings (SSSR count). The van der Waals surface area contributed by atoms with Crippen LogP contribution in [0.2, 0.25) is 0 Å². The van der Waals surface area contributed by atoms with Crippen molar-refractivity contribution in [1.82, 2.24) is 25.0 Å². The van der Waals surface area contributed by atoms with Crippen LogP contribution >= 0.6 is 0 Å². The molecule has 0 saturated carbocycles. The molecule has 2 aromatic rings. The summed E-state index contributed by atoms with van der Waals surface area (Å²) in [6, 6.07) is -0.765. The van der Waals surface area contributed by atoms with Gasteiger partial charge in [-0.25, -0.2) is 10.1 Å². The number of hydrazone groups is 1. The van der Waals surface area contributed by atoms with Crippen molar-refractivity contribution in [3.8, 4) is 0 Å². The molecular weight excluding hydrogens is 321 g/mol. The van der Waals surface area contributed by atoms with E-state index in [1.165, 1.54) is 17.1 Å². The maximum atomic E-state index is 13.7. The minimum Gasteiger partial charge on any atom is -0.271 e. The summed E-state index contributed by atoms with van der Waals surface area (Å²) in [5, 5.41) is 22.0. The predicted octanol–water partition coefficient (Wildman–Crippen LogP) is 1.25. The third-order valence-corrected chi connectivity index (χ3v) is 3.29. The lowest BCUT2D eigenvalue weighted by atomic mass is 10.2. The summed E-state index contributed by atoms with van der Waals surface area (Å²) in [5.74, 6) is -1.07. The first kappa shape index (κ1) is 17.2. The molecule has 10 nitrogen and oxygen atoms in total. The van der Waals surface area contributed by atoms with Crippen LogP contribution in [0.3, 0.4) is 0 Å². The van der Waals surface area contributed by atoms with Gasteiger partial charge in [0.25, 0.3) is 5.91 Å². The zero-order valence-corrected chi connectivity index (χ0v) is 13.1. The molecule has 0 aliphatic rings. The first-order chi connectivity index (χ1) is 11.5. The van der Waals surface area contributed by atoms with Crippen LogP contribution in [0.5, 0.6) is 0 Å². The van der Waals surface area contributed by atoms with Gasteiger partial charge in [-0.2, -0.15) is 19.7 Å². The van der Waals surface area contributed by atoms with Crippen molar-refractivity contribution in [2.75, 3.05) is 0 Å². The molecule has 24 heavy (non-hydrogen) atoms. The Bertz CT molecular complexity index is 767. The molecule has 0 aliphatic heterocycles. The van der Waals surface area contributed by atoms with E-state index in [0.717, 1.165) is 17.1 Å². The summed E-state index contributed by atoms with van der Waals surface area (Å²) in [6.45, 7) is 3.85. The van der Waals surface area contributed by atoms with E-state index in [-0.39, 0.29) is 11.3 Å². The molecule has 1 amide bonds. The number of amides is 1. The van der Waals surface area contributed by atoms with E-state index in [0.29, 0.717) is 13.0 Å². The normalized spacial score (nSPS) is 12.5. The monoisotopic (exact) mass is 337 g/mol. The molecule has 0 aromatic carbocycles. The fourth-order valence-electron chi connectivity index (χ4n) is 2.02. The average molecular weight is 337 g/mol. The molecule has 128 valence electrons. The van der Waals surface area contributed by atoms with Gasteiger partial charge in [0.2, 0.25) is 5.95 Å². The summed E-state index contributed by atoms with van der Waals surface area (Å²) in [5.41, 5.74) is 2.20. The van der Waals surface area contributed by atoms with E-state index >= 15 is 0 Å². The van der Waals surface area contributed by atoms with Crippen molar-refractivity contribution in [2.24, 2.45) is 5.10 Å². The van der Waals surface area contributed by atoms with E-state index in [1.807, 2.05) is 0 Å². The Morgan fingerprint density at radius 1 is 1.50 bits per heavy atom. The van der Waals surface area contributed by atoms with Crippen molar-refractivity contribution in [3.05, 3.63) is 40.2 Å². The van der Waals surface area contributed by atoms with Crippen LogP contribution in [0.4, 0.5) is 10.1 Å². The highest BCUT2D eigenvalue weighted by Gasteiger charge is 2.21. The standard InChI is InChI=1S/C13H16FN7O3/c1-3-11(20-8-10(7-17-20)21(23)24)13(22)18-15-5-9-6-16-19(4-2)12(9)14/h5-8,11H,3-4H2,1-2H3,(H,18,22). The molecule has 1 unspecified atom stereocenters. The topological polar surface area (TPSA) is 120 Å². The second kappa shape index (κ2) is 7.44. The van der Waals surface area contributed by atoms with Crippen LogP contribution in [0.15, 0.2) is 23.7 Å². The Morgan fingerprint density at radius 3 is 2.79 bits per heavy atom. The molecule has 11 heteroatoms. The first-order valence-electron chi connectivity index (χ1n) is 7.20.